The molecule has 0 aliphatic rings. The highest BCUT2D eigenvalue weighted by Gasteiger charge is 2.13. The van der Waals surface area contributed by atoms with Gasteiger partial charge in [-0.15, -0.1) is 0 Å². The number of rotatable bonds is 3. The van der Waals surface area contributed by atoms with Gasteiger partial charge in [0.1, 0.15) is 5.76 Å². The third-order valence-electron chi connectivity index (χ3n) is 2.51. The van der Waals surface area contributed by atoms with Crippen LogP contribution in [0.5, 0.6) is 0 Å². The van der Waals surface area contributed by atoms with Crippen LogP contribution in [0.2, 0.25) is 0 Å². The molecule has 0 fully saturated rings. The molecule has 0 atom stereocenters. The number of nitrogens with two attached hydrogens (primary N) is 1. The van der Waals surface area contributed by atoms with E-state index in [-0.39, 0.29) is 5.91 Å². The van der Waals surface area contributed by atoms with Crippen molar-refractivity contribution in [1.82, 2.24) is 5.32 Å². The second-order valence-corrected chi connectivity index (χ2v) is 4.86. The van der Waals surface area contributed by atoms with E-state index in [1.165, 1.54) is 11.8 Å². The Labute approximate surface area is 110 Å². The molecule has 94 valence electrons. The summed E-state index contributed by atoms with van der Waals surface area (Å²) in [6.07, 6.45) is 1.63. The molecule has 0 aliphatic carbocycles. The maximum absolute atomic E-state index is 11.8. The molecule has 1 heterocycles. The largest absolute Gasteiger partial charge is 0.468 e. The third kappa shape index (κ3) is 2.51. The summed E-state index contributed by atoms with van der Waals surface area (Å²) in [5.41, 5.74) is 7.01. The molecule has 1 aromatic carbocycles. The number of furan rings is 1. The molecule has 5 heteroatoms. The van der Waals surface area contributed by atoms with Gasteiger partial charge in [-0.3, -0.25) is 4.79 Å². The van der Waals surface area contributed by atoms with Gasteiger partial charge in [0.15, 0.2) is 0 Å². The number of carbonyl (C=O) groups excluding carboxylic acids is 1. The standard InChI is InChI=1S/C13H14N2O2S/c1-8-11(5-6-17-8)18-12-7-9(14)3-4-10(12)13(16)15-2/h3-7H,14H2,1-2H3,(H,15,16). The van der Waals surface area contributed by atoms with Gasteiger partial charge < -0.3 is 15.5 Å². The van der Waals surface area contributed by atoms with Gasteiger partial charge in [-0.2, -0.15) is 0 Å². The second kappa shape index (κ2) is 5.18. The molecule has 0 saturated carbocycles. The van der Waals surface area contributed by atoms with Crippen LogP contribution in [0.4, 0.5) is 5.69 Å². The number of nitrogen functional groups attached to an aromatic ring is 1. The minimum Gasteiger partial charge on any atom is -0.468 e. The summed E-state index contributed by atoms with van der Waals surface area (Å²) in [7, 11) is 1.61. The monoisotopic (exact) mass is 262 g/mol. The number of hydrogen-bond donors (Lipinski definition) is 2. The van der Waals surface area contributed by atoms with Gasteiger partial charge in [0.05, 0.1) is 16.7 Å². The summed E-state index contributed by atoms with van der Waals surface area (Å²) in [5, 5.41) is 2.62. The van der Waals surface area contributed by atoms with Crippen LogP contribution in [0.15, 0.2) is 44.7 Å². The Hall–Kier alpha value is -1.88. The van der Waals surface area contributed by atoms with Gasteiger partial charge in [-0.25, -0.2) is 0 Å². The number of aryl methyl sites for hydroxylation is 1. The summed E-state index contributed by atoms with van der Waals surface area (Å²) in [6.45, 7) is 1.88. The van der Waals surface area contributed by atoms with E-state index in [0.29, 0.717) is 11.3 Å². The number of nitrogens with one attached hydrogen (secondary N) is 1. The Balaban J connectivity index is 2.39. The zero-order valence-corrected chi connectivity index (χ0v) is 11.0. The van der Waals surface area contributed by atoms with Crippen LogP contribution in [0.25, 0.3) is 0 Å². The van der Waals surface area contributed by atoms with E-state index in [0.717, 1.165) is 15.6 Å². The molecular formula is C13H14N2O2S. The zero-order chi connectivity index (χ0) is 13.1. The molecule has 1 aromatic heterocycles. The lowest BCUT2D eigenvalue weighted by atomic mass is 10.2. The first-order chi connectivity index (χ1) is 8.61. The lowest BCUT2D eigenvalue weighted by Gasteiger charge is -2.08. The predicted octanol–water partition coefficient (Wildman–Crippen LogP) is 2.68. The summed E-state index contributed by atoms with van der Waals surface area (Å²) >= 11 is 1.47. The molecule has 0 spiro atoms. The highest BCUT2D eigenvalue weighted by Crippen LogP contribution is 2.34. The molecule has 2 aromatic rings. The van der Waals surface area contributed by atoms with E-state index in [2.05, 4.69) is 5.32 Å². The van der Waals surface area contributed by atoms with E-state index in [4.69, 9.17) is 10.2 Å². The first kappa shape index (κ1) is 12.6. The molecular weight excluding hydrogens is 248 g/mol. The number of carbonyl (C=O) groups is 1. The van der Waals surface area contributed by atoms with Crippen molar-refractivity contribution in [2.75, 3.05) is 12.8 Å². The molecule has 18 heavy (non-hydrogen) atoms. The Morgan fingerprint density at radius 3 is 2.72 bits per heavy atom. The summed E-state index contributed by atoms with van der Waals surface area (Å²) < 4.78 is 5.24. The van der Waals surface area contributed by atoms with Gasteiger partial charge in [0.2, 0.25) is 0 Å². The van der Waals surface area contributed by atoms with Crippen molar-refractivity contribution in [3.8, 4) is 0 Å². The molecule has 3 N–H and O–H groups in total. The highest BCUT2D eigenvalue weighted by molar-refractivity contribution is 7.99. The van der Waals surface area contributed by atoms with E-state index in [1.54, 1.807) is 31.5 Å². The maximum Gasteiger partial charge on any atom is 0.252 e. The van der Waals surface area contributed by atoms with E-state index >= 15 is 0 Å². The maximum atomic E-state index is 11.8. The molecule has 0 unspecified atom stereocenters. The third-order valence-corrected chi connectivity index (χ3v) is 3.71. The average Bonchev–Trinajstić information content (AvgIpc) is 2.74. The van der Waals surface area contributed by atoms with Crippen LogP contribution in [0.3, 0.4) is 0 Å². The molecule has 0 saturated heterocycles. The van der Waals surface area contributed by atoms with Crippen molar-refractivity contribution in [1.29, 1.82) is 0 Å². The Morgan fingerprint density at radius 1 is 1.33 bits per heavy atom. The van der Waals surface area contributed by atoms with Gasteiger partial charge in [0.25, 0.3) is 5.91 Å². The smallest absolute Gasteiger partial charge is 0.252 e. The van der Waals surface area contributed by atoms with Crippen LogP contribution < -0.4 is 11.1 Å². The first-order valence-electron chi connectivity index (χ1n) is 5.45. The second-order valence-electron chi connectivity index (χ2n) is 3.78. The van der Waals surface area contributed by atoms with Crippen molar-refractivity contribution in [3.63, 3.8) is 0 Å². The van der Waals surface area contributed by atoms with Crippen LogP contribution in [-0.2, 0) is 0 Å². The summed E-state index contributed by atoms with van der Waals surface area (Å²) in [6, 6.07) is 7.11. The van der Waals surface area contributed by atoms with Crippen LogP contribution in [0, 0.1) is 6.92 Å². The fraction of sp³-hybridized carbons (Fsp3) is 0.154. The fourth-order valence-electron chi connectivity index (χ4n) is 1.54. The minimum absolute atomic E-state index is 0.126. The molecule has 2 rings (SSSR count). The number of amides is 1. The van der Waals surface area contributed by atoms with Crippen LogP contribution in [-0.4, -0.2) is 13.0 Å². The minimum atomic E-state index is -0.126. The van der Waals surface area contributed by atoms with Gasteiger partial charge in [0, 0.05) is 17.6 Å². The summed E-state index contributed by atoms with van der Waals surface area (Å²) in [5.74, 6) is 0.698. The van der Waals surface area contributed by atoms with Crippen molar-refractivity contribution in [2.45, 2.75) is 16.7 Å². The van der Waals surface area contributed by atoms with E-state index < -0.39 is 0 Å². The first-order valence-corrected chi connectivity index (χ1v) is 6.27. The average molecular weight is 262 g/mol. The quantitative estimate of drug-likeness (QED) is 0.834. The van der Waals surface area contributed by atoms with Crippen molar-refractivity contribution in [2.24, 2.45) is 0 Å². The molecule has 0 bridgehead atoms. The lowest BCUT2D eigenvalue weighted by molar-refractivity contribution is 0.0960. The number of anilines is 1. The normalized spacial score (nSPS) is 10.3. The van der Waals surface area contributed by atoms with Crippen molar-refractivity contribution < 1.29 is 9.21 Å². The Kier molecular flexibility index (Phi) is 3.62. The number of benzene rings is 1. The topological polar surface area (TPSA) is 68.3 Å². The highest BCUT2D eigenvalue weighted by atomic mass is 32.2. The molecule has 0 aliphatic heterocycles. The van der Waals surface area contributed by atoms with E-state index in [1.807, 2.05) is 13.0 Å². The van der Waals surface area contributed by atoms with Gasteiger partial charge in [-0.1, -0.05) is 11.8 Å². The van der Waals surface area contributed by atoms with E-state index in [9.17, 15) is 4.79 Å². The van der Waals surface area contributed by atoms with Gasteiger partial charge in [-0.05, 0) is 31.2 Å². The van der Waals surface area contributed by atoms with Crippen molar-refractivity contribution in [3.05, 3.63) is 41.9 Å². The van der Waals surface area contributed by atoms with Crippen LogP contribution >= 0.6 is 11.8 Å². The fourth-order valence-corrected chi connectivity index (χ4v) is 2.56. The van der Waals surface area contributed by atoms with Crippen molar-refractivity contribution >= 4 is 23.4 Å². The Morgan fingerprint density at radius 2 is 2.11 bits per heavy atom. The molecule has 0 radical (unpaired) electrons. The SMILES string of the molecule is CNC(=O)c1ccc(N)cc1Sc1ccoc1C. The van der Waals surface area contributed by atoms with Crippen LogP contribution in [0.1, 0.15) is 16.1 Å². The summed E-state index contributed by atoms with van der Waals surface area (Å²) in [4.78, 5) is 13.6. The zero-order valence-electron chi connectivity index (χ0n) is 10.2. The predicted molar refractivity (Wildman–Crippen MR) is 71.8 cm³/mol. The lowest BCUT2D eigenvalue weighted by Crippen LogP contribution is -2.18. The Bertz CT molecular complexity index is 578. The molecule has 4 nitrogen and oxygen atoms in total. The van der Waals surface area contributed by atoms with Gasteiger partial charge >= 0.3 is 0 Å². The number of hydrogen-bond acceptors (Lipinski definition) is 4. The molecule has 1 amide bonds.